The molecule has 6 nitrogen and oxygen atoms in total. The van der Waals surface area contributed by atoms with Crippen LogP contribution in [-0.2, 0) is 16.2 Å². The van der Waals surface area contributed by atoms with Crippen molar-refractivity contribution in [3.8, 4) is 56.9 Å². The Balaban J connectivity index is 1.13. The van der Waals surface area contributed by atoms with Crippen molar-refractivity contribution in [2.75, 3.05) is 9.80 Å². The summed E-state index contributed by atoms with van der Waals surface area (Å²) < 4.78 is 152. The summed E-state index contributed by atoms with van der Waals surface area (Å²) in [4.78, 5) is 3.29. The van der Waals surface area contributed by atoms with Crippen LogP contribution in [0.3, 0.4) is 0 Å². The van der Waals surface area contributed by atoms with Crippen molar-refractivity contribution >= 4 is 101 Å². The van der Waals surface area contributed by atoms with Gasteiger partial charge in [-0.15, -0.1) is 0 Å². The molecule has 93 heavy (non-hydrogen) atoms. The zero-order chi connectivity index (χ0) is 76.9. The zero-order valence-corrected chi connectivity index (χ0v) is 52.8. The van der Waals surface area contributed by atoms with Gasteiger partial charge in [0.2, 0.25) is 0 Å². The van der Waals surface area contributed by atoms with E-state index in [1.807, 2.05) is 115 Å². The highest BCUT2D eigenvalue weighted by Crippen LogP contribution is 2.50. The molecular formula is C86H69BN6. The lowest BCUT2D eigenvalue weighted by Crippen LogP contribution is -2.61. The molecule has 446 valence electrons. The number of nitriles is 2. The number of nitrogens with zero attached hydrogens (tertiary/aromatic N) is 6. The molecule has 2 aliphatic heterocycles. The summed E-state index contributed by atoms with van der Waals surface area (Å²) in [6.07, 6.45) is 0. The monoisotopic (exact) mass is 1210 g/mol. The number of hydrogen-bond donors (Lipinski definition) is 0. The second-order valence-corrected chi connectivity index (χ2v) is 27.2. The van der Waals surface area contributed by atoms with Gasteiger partial charge in [0, 0.05) is 55.7 Å². The van der Waals surface area contributed by atoms with Gasteiger partial charge in [0.15, 0.2) is 0 Å². The molecule has 2 aromatic heterocycles. The number of aromatic nitrogens is 2. The van der Waals surface area contributed by atoms with Crippen molar-refractivity contribution in [3.05, 3.63) is 282 Å². The average Bonchev–Trinajstić information content (AvgIpc) is 0.803. The van der Waals surface area contributed by atoms with E-state index in [2.05, 4.69) is 71.9 Å². The maximum absolute atomic E-state index is 12.0. The van der Waals surface area contributed by atoms with Crippen molar-refractivity contribution in [1.82, 2.24) is 9.13 Å². The summed E-state index contributed by atoms with van der Waals surface area (Å²) in [5.41, 5.74) is 5.10. The smallest absolute Gasteiger partial charge is 0.252 e. The van der Waals surface area contributed by atoms with Crippen LogP contribution in [0.5, 0.6) is 0 Å². The highest BCUT2D eigenvalue weighted by atomic mass is 15.2. The summed E-state index contributed by atoms with van der Waals surface area (Å²) in [7, 11) is 0. The third kappa shape index (κ3) is 9.28. The molecule has 0 spiro atoms. The van der Waals surface area contributed by atoms with E-state index in [9.17, 15) is 27.0 Å². The van der Waals surface area contributed by atoms with Crippen LogP contribution in [0, 0.1) is 22.7 Å². The molecule has 2 aliphatic rings. The fraction of sp³-hybridized carbons (Fsp3) is 0.140. The number of rotatable bonds is 7. The third-order valence-electron chi connectivity index (χ3n) is 18.4. The number of anilines is 6. The minimum Gasteiger partial charge on any atom is -0.311 e. The van der Waals surface area contributed by atoms with E-state index in [0.29, 0.717) is 49.7 Å². The molecule has 0 aliphatic carbocycles. The van der Waals surface area contributed by atoms with Crippen LogP contribution < -0.4 is 26.2 Å². The summed E-state index contributed by atoms with van der Waals surface area (Å²) in [5, 5.41) is 26.5. The van der Waals surface area contributed by atoms with Crippen molar-refractivity contribution < 1.29 is 20.6 Å². The molecule has 0 fully saturated rings. The maximum Gasteiger partial charge on any atom is 0.252 e. The summed E-state index contributed by atoms with van der Waals surface area (Å²) in [5.74, 6) is 0. The molecule has 14 aromatic rings. The predicted octanol–water partition coefficient (Wildman–Crippen LogP) is 20.6. The minimum absolute atomic E-state index is 0.0313. The zero-order valence-electron chi connectivity index (χ0n) is 67.8. The first-order valence-corrected chi connectivity index (χ1v) is 31.2. The molecule has 0 saturated heterocycles. The van der Waals surface area contributed by atoms with Crippen LogP contribution >= 0.6 is 0 Å². The van der Waals surface area contributed by atoms with E-state index in [4.69, 9.17) is 4.11 Å². The summed E-state index contributed by atoms with van der Waals surface area (Å²) in [6.45, 7) is 17.3. The SMILES string of the molecule is [2H]c1c([2H])c([2H])c(-c2ccc3c(c2)N(c2c([2H])c([2H])c(C#N)c(-n4c5ccccc5c5ccccc54)c2[2H])c2cc(-c4c([2H])c([2H])c(C(C)(C)C)c([2H])c4[2H])cc4c2B3c2ccc(-c3cc(C(C)(C)C)cc(C(C)(C)C)c3)cc2N4c2c([2H])c(-n3c4ccccc4c4ccccc43)c([2H])c([2H])c2C#N)c([2H])c1[2H]. The number of fused-ring (bicyclic) bond motifs is 10. The molecule has 7 heteroatoms. The van der Waals surface area contributed by atoms with Gasteiger partial charge < -0.3 is 18.9 Å². The first-order valence-electron chi connectivity index (χ1n) is 38.7. The normalized spacial score (nSPS) is 15.2. The van der Waals surface area contributed by atoms with E-state index in [-0.39, 0.29) is 108 Å². The standard InChI is InChI=1S/C86H69BN6/c1-84(2,3)62-37-31-55(32-38-62)61-47-81-83-82(48-61)93(78-50-65(39-33-59(78)53-89)90-73-27-17-13-23-67(73)68-24-14-18-28-74(68)90)80-46-57(60-43-63(85(4,5)6)49-64(44-60)86(7,8)9)36-42-72(80)87(83)71-41-35-56(54-21-11-10-12-22-54)45-79(71)91(81)66-40-34-58(52-88)77(51-66)92-75-29-19-15-25-69(75)70-26-16-20-30-76(70)92/h10-51H,1-9H3/i10D,11D,12D,21D,22D,31D,32D,33D,34D,37D,38D,39D,40D,50D,51D. The first kappa shape index (κ1) is 42.8. The van der Waals surface area contributed by atoms with Crippen molar-refractivity contribution in [2.24, 2.45) is 0 Å². The fourth-order valence-electron chi connectivity index (χ4n) is 13.7. The molecule has 0 unspecified atom stereocenters. The minimum atomic E-state index is -1.00. The van der Waals surface area contributed by atoms with Gasteiger partial charge in [-0.3, -0.25) is 0 Å². The van der Waals surface area contributed by atoms with Gasteiger partial charge in [-0.2, -0.15) is 10.5 Å². The Kier molecular flexibility index (Phi) is 9.77. The molecule has 0 saturated carbocycles. The Morgan fingerprint density at radius 3 is 1.28 bits per heavy atom. The summed E-state index contributed by atoms with van der Waals surface area (Å²) in [6, 6.07) is 47.9. The molecule has 0 atom stereocenters. The van der Waals surface area contributed by atoms with E-state index < -0.39 is 84.6 Å². The topological polar surface area (TPSA) is 63.9 Å². The molecule has 12 aromatic carbocycles. The summed E-state index contributed by atoms with van der Waals surface area (Å²) >= 11 is 0. The molecule has 0 bridgehead atoms. The molecule has 0 amide bonds. The second kappa shape index (κ2) is 21.2. The van der Waals surface area contributed by atoms with Crippen LogP contribution in [-0.4, -0.2) is 15.8 Å². The Hall–Kier alpha value is -11.1. The van der Waals surface area contributed by atoms with E-state index in [1.54, 1.807) is 70.0 Å². The lowest BCUT2D eigenvalue weighted by atomic mass is 9.33. The highest BCUT2D eigenvalue weighted by Gasteiger charge is 2.45. The Bertz CT molecular complexity index is 6260. The molecule has 4 heterocycles. The lowest BCUT2D eigenvalue weighted by molar-refractivity contribution is 0.569. The van der Waals surface area contributed by atoms with Crippen molar-refractivity contribution in [1.29, 1.82) is 10.5 Å². The lowest BCUT2D eigenvalue weighted by Gasteiger charge is -2.45. The van der Waals surface area contributed by atoms with Crippen LogP contribution in [0.25, 0.3) is 88.4 Å². The van der Waals surface area contributed by atoms with E-state index >= 15 is 0 Å². The third-order valence-corrected chi connectivity index (χ3v) is 18.4. The largest absolute Gasteiger partial charge is 0.311 e. The Labute approximate surface area is 566 Å². The molecule has 0 N–H and O–H groups in total. The highest BCUT2D eigenvalue weighted by molar-refractivity contribution is 7.00. The van der Waals surface area contributed by atoms with Crippen molar-refractivity contribution in [2.45, 2.75) is 78.6 Å². The van der Waals surface area contributed by atoms with Gasteiger partial charge in [0.25, 0.3) is 6.71 Å². The van der Waals surface area contributed by atoms with E-state index in [0.717, 1.165) is 38.2 Å². The van der Waals surface area contributed by atoms with E-state index in [1.165, 1.54) is 0 Å². The van der Waals surface area contributed by atoms with Crippen LogP contribution in [0.4, 0.5) is 34.1 Å². The maximum atomic E-state index is 12.0. The van der Waals surface area contributed by atoms with Gasteiger partial charge >= 0.3 is 0 Å². The molecular weight excluding hydrogens is 1130 g/mol. The van der Waals surface area contributed by atoms with Crippen LogP contribution in [0.1, 0.15) is 111 Å². The second-order valence-electron chi connectivity index (χ2n) is 27.2. The van der Waals surface area contributed by atoms with Gasteiger partial charge in [-0.1, -0.05) is 232 Å². The number of hydrogen-bond acceptors (Lipinski definition) is 4. The van der Waals surface area contributed by atoms with Crippen LogP contribution in [0.2, 0.25) is 0 Å². The average molecular weight is 1210 g/mol. The van der Waals surface area contributed by atoms with Gasteiger partial charge in [0.05, 0.1) is 65.1 Å². The van der Waals surface area contributed by atoms with Gasteiger partial charge in [0.1, 0.15) is 12.1 Å². The Morgan fingerprint density at radius 1 is 0.344 bits per heavy atom. The quantitative estimate of drug-likeness (QED) is 0.149. The fourth-order valence-corrected chi connectivity index (χ4v) is 13.7. The van der Waals surface area contributed by atoms with Crippen LogP contribution in [0.15, 0.2) is 254 Å². The Morgan fingerprint density at radius 2 is 0.763 bits per heavy atom. The number of para-hydroxylation sites is 4. The first-order chi connectivity index (χ1) is 51.2. The number of benzene rings is 12. The van der Waals surface area contributed by atoms with Crippen molar-refractivity contribution in [3.63, 3.8) is 0 Å². The molecule has 16 rings (SSSR count). The van der Waals surface area contributed by atoms with Gasteiger partial charge in [-0.05, 0) is 167 Å². The molecule has 0 radical (unpaired) electrons. The van der Waals surface area contributed by atoms with Gasteiger partial charge in [-0.25, -0.2) is 0 Å². The predicted molar refractivity (Wildman–Crippen MR) is 391 cm³/mol.